The lowest BCUT2D eigenvalue weighted by Gasteiger charge is -2.26. The standard InChI is InChI=1S/C30H48N6O10/c1-18(2)9-20(10-26(41)24-5-4-7-36(24)19(3)39)30(45)35-23(12-22-13-31-17-33-22)25(40)11-21(15-37)29(44)32-6-8-46-34-14-27(42)28(43)16-38/h13-14,17-18,20-21,23-24,27-28,37-38,42-43H,4-12,15-16H2,1-3H3,(H,31,33)(H,32,44)(H,35,45)/b34-14+/t20-,21+,23+,24+,27?,28?/m1/s1. The van der Waals surface area contributed by atoms with Gasteiger partial charge >= 0.3 is 0 Å². The van der Waals surface area contributed by atoms with Crippen molar-refractivity contribution < 1.29 is 49.2 Å². The number of imidazole rings is 1. The number of nitrogens with zero attached hydrogens (tertiary/aromatic N) is 3. The zero-order valence-electron chi connectivity index (χ0n) is 26.6. The number of aliphatic hydroxyl groups excluding tert-OH is 4. The number of aliphatic hydroxyl groups is 4. The number of hydrogen-bond donors (Lipinski definition) is 7. The molecule has 0 spiro atoms. The number of rotatable bonds is 21. The molecule has 16 nitrogen and oxygen atoms in total. The van der Waals surface area contributed by atoms with Crippen molar-refractivity contribution in [3.05, 3.63) is 18.2 Å². The molecular formula is C30H48N6O10. The van der Waals surface area contributed by atoms with E-state index in [1.807, 2.05) is 13.8 Å². The lowest BCUT2D eigenvalue weighted by molar-refractivity contribution is -0.138. The minimum absolute atomic E-state index is 0.0378. The Morgan fingerprint density at radius 3 is 2.48 bits per heavy atom. The van der Waals surface area contributed by atoms with Crippen LogP contribution in [-0.2, 0) is 35.2 Å². The van der Waals surface area contributed by atoms with Gasteiger partial charge < -0.3 is 45.8 Å². The summed E-state index contributed by atoms with van der Waals surface area (Å²) in [6.45, 7) is 4.25. The van der Waals surface area contributed by atoms with Gasteiger partial charge in [-0.05, 0) is 25.2 Å². The molecule has 0 aromatic carbocycles. The fraction of sp³-hybridized carbons (Fsp3) is 0.700. The smallest absolute Gasteiger partial charge is 0.226 e. The zero-order chi connectivity index (χ0) is 34.2. The van der Waals surface area contributed by atoms with E-state index in [0.717, 1.165) is 6.21 Å². The van der Waals surface area contributed by atoms with Gasteiger partial charge in [0.05, 0.1) is 50.3 Å². The number of Topliss-reactive ketones (excluding diaryl/α,β-unsaturated/α-hetero) is 2. The topological polar surface area (TPSA) is 244 Å². The quantitative estimate of drug-likeness (QED) is 0.0456. The van der Waals surface area contributed by atoms with Crippen LogP contribution >= 0.6 is 0 Å². The Morgan fingerprint density at radius 1 is 1.13 bits per heavy atom. The number of aromatic amines is 1. The molecule has 1 aromatic heterocycles. The van der Waals surface area contributed by atoms with Crippen molar-refractivity contribution in [3.63, 3.8) is 0 Å². The summed E-state index contributed by atoms with van der Waals surface area (Å²) in [5, 5.41) is 46.1. The van der Waals surface area contributed by atoms with Gasteiger partial charge in [0.2, 0.25) is 17.7 Å². The first-order valence-corrected chi connectivity index (χ1v) is 15.5. The number of hydrogen-bond acceptors (Lipinski definition) is 12. The maximum atomic E-state index is 13.6. The first-order valence-electron chi connectivity index (χ1n) is 15.5. The summed E-state index contributed by atoms with van der Waals surface area (Å²) >= 11 is 0. The largest absolute Gasteiger partial charge is 0.396 e. The second-order valence-corrected chi connectivity index (χ2v) is 11.9. The van der Waals surface area contributed by atoms with Gasteiger partial charge in [-0.25, -0.2) is 4.98 Å². The Labute approximate surface area is 268 Å². The molecule has 16 heteroatoms. The van der Waals surface area contributed by atoms with Gasteiger partial charge in [0, 0.05) is 50.5 Å². The first kappa shape index (κ1) is 38.5. The van der Waals surface area contributed by atoms with Crippen LogP contribution in [0.15, 0.2) is 17.7 Å². The molecule has 7 N–H and O–H groups in total. The number of carbonyl (C=O) groups is 5. The van der Waals surface area contributed by atoms with Crippen molar-refractivity contribution >= 4 is 35.5 Å². The summed E-state index contributed by atoms with van der Waals surface area (Å²) in [7, 11) is 0. The fourth-order valence-electron chi connectivity index (χ4n) is 5.22. The number of ketones is 2. The normalized spacial score (nSPS) is 18.2. The molecule has 0 saturated carbocycles. The molecule has 3 amide bonds. The second kappa shape index (κ2) is 19.7. The summed E-state index contributed by atoms with van der Waals surface area (Å²) in [6.07, 6.45) is 2.13. The van der Waals surface area contributed by atoms with Crippen LogP contribution in [0.25, 0.3) is 0 Å². The Bertz CT molecular complexity index is 1160. The SMILES string of the molecule is CC(=O)N1CCC[C@H]1C(=O)C[C@@H](CC(C)C)C(=O)N[C@@H](Cc1cnc[nH]1)C(=O)C[C@@H](CO)C(=O)NCCO/N=C/C(O)C(O)CO. The van der Waals surface area contributed by atoms with Crippen molar-refractivity contribution in [3.8, 4) is 0 Å². The summed E-state index contributed by atoms with van der Waals surface area (Å²) < 4.78 is 0. The molecule has 6 atom stereocenters. The molecule has 0 bridgehead atoms. The van der Waals surface area contributed by atoms with Gasteiger partial charge in [0.1, 0.15) is 18.8 Å². The molecular weight excluding hydrogens is 604 g/mol. The monoisotopic (exact) mass is 652 g/mol. The van der Waals surface area contributed by atoms with Gasteiger partial charge in [-0.3, -0.25) is 24.0 Å². The second-order valence-electron chi connectivity index (χ2n) is 11.9. The first-order chi connectivity index (χ1) is 21.9. The molecule has 1 aromatic rings. The Morgan fingerprint density at radius 2 is 1.87 bits per heavy atom. The van der Waals surface area contributed by atoms with Crippen molar-refractivity contribution in [2.24, 2.45) is 22.9 Å². The minimum atomic E-state index is -1.44. The summed E-state index contributed by atoms with van der Waals surface area (Å²) in [6, 6.07) is -1.66. The van der Waals surface area contributed by atoms with Gasteiger partial charge in [-0.15, -0.1) is 0 Å². The van der Waals surface area contributed by atoms with Crippen molar-refractivity contribution in [2.75, 3.05) is 32.9 Å². The van der Waals surface area contributed by atoms with Crippen LogP contribution in [0.2, 0.25) is 0 Å². The number of nitrogens with one attached hydrogen (secondary N) is 3. The van der Waals surface area contributed by atoms with Gasteiger partial charge in [-0.1, -0.05) is 19.0 Å². The predicted octanol–water partition coefficient (Wildman–Crippen LogP) is -1.53. The molecule has 1 aliphatic rings. The molecule has 2 heterocycles. The highest BCUT2D eigenvalue weighted by atomic mass is 16.6. The Kier molecular flexibility index (Phi) is 16.5. The molecule has 46 heavy (non-hydrogen) atoms. The minimum Gasteiger partial charge on any atom is -0.396 e. The number of oxime groups is 1. The number of likely N-dealkylation sites (tertiary alicyclic amines) is 1. The van der Waals surface area contributed by atoms with E-state index >= 15 is 0 Å². The highest BCUT2D eigenvalue weighted by Gasteiger charge is 2.36. The van der Waals surface area contributed by atoms with Gasteiger partial charge in [0.15, 0.2) is 11.6 Å². The highest BCUT2D eigenvalue weighted by molar-refractivity contribution is 5.95. The van der Waals surface area contributed by atoms with Crippen LogP contribution in [0.1, 0.15) is 58.6 Å². The third-order valence-corrected chi connectivity index (χ3v) is 7.69. The molecule has 0 aliphatic carbocycles. The maximum absolute atomic E-state index is 13.6. The summed E-state index contributed by atoms with van der Waals surface area (Å²) in [5.41, 5.74) is 0.553. The number of amides is 3. The van der Waals surface area contributed by atoms with Crippen LogP contribution in [-0.4, -0.2) is 128 Å². The Hall–Kier alpha value is -3.73. The third kappa shape index (κ3) is 12.6. The molecule has 1 saturated heterocycles. The van der Waals surface area contributed by atoms with E-state index in [1.54, 1.807) is 0 Å². The van der Waals surface area contributed by atoms with E-state index in [9.17, 15) is 39.3 Å². The maximum Gasteiger partial charge on any atom is 0.226 e. The fourth-order valence-corrected chi connectivity index (χ4v) is 5.22. The molecule has 2 unspecified atom stereocenters. The Balaban J connectivity index is 2.05. The van der Waals surface area contributed by atoms with Crippen LogP contribution in [0.4, 0.5) is 0 Å². The van der Waals surface area contributed by atoms with E-state index in [-0.39, 0.29) is 43.6 Å². The van der Waals surface area contributed by atoms with Crippen LogP contribution in [0.5, 0.6) is 0 Å². The lowest BCUT2D eigenvalue weighted by Crippen LogP contribution is -2.48. The van der Waals surface area contributed by atoms with Crippen molar-refractivity contribution in [1.82, 2.24) is 25.5 Å². The average molecular weight is 653 g/mol. The lowest BCUT2D eigenvalue weighted by atomic mass is 9.88. The molecule has 1 aliphatic heterocycles. The van der Waals surface area contributed by atoms with E-state index in [0.29, 0.717) is 31.5 Å². The van der Waals surface area contributed by atoms with Gasteiger partial charge in [0.25, 0.3) is 0 Å². The van der Waals surface area contributed by atoms with Crippen molar-refractivity contribution in [2.45, 2.75) is 83.6 Å². The molecule has 0 radical (unpaired) electrons. The summed E-state index contributed by atoms with van der Waals surface area (Å²) in [4.78, 5) is 78.3. The van der Waals surface area contributed by atoms with Crippen LogP contribution in [0, 0.1) is 17.8 Å². The number of aromatic nitrogens is 2. The number of carbonyl (C=O) groups excluding carboxylic acids is 5. The highest BCUT2D eigenvalue weighted by Crippen LogP contribution is 2.24. The average Bonchev–Trinajstić information content (AvgIpc) is 3.72. The van der Waals surface area contributed by atoms with Gasteiger partial charge in [-0.2, -0.15) is 0 Å². The van der Waals surface area contributed by atoms with E-state index < -0.39 is 73.4 Å². The van der Waals surface area contributed by atoms with E-state index in [2.05, 4.69) is 25.8 Å². The summed E-state index contributed by atoms with van der Waals surface area (Å²) in [5.74, 6) is -3.85. The predicted molar refractivity (Wildman–Crippen MR) is 164 cm³/mol. The van der Waals surface area contributed by atoms with E-state index in [4.69, 9.17) is 9.94 Å². The molecule has 1 fully saturated rings. The third-order valence-electron chi connectivity index (χ3n) is 7.69. The molecule has 2 rings (SSSR count). The van der Waals surface area contributed by atoms with E-state index in [1.165, 1.54) is 24.3 Å². The van der Waals surface area contributed by atoms with Crippen LogP contribution < -0.4 is 10.6 Å². The zero-order valence-corrected chi connectivity index (χ0v) is 26.6. The van der Waals surface area contributed by atoms with Crippen LogP contribution in [0.3, 0.4) is 0 Å². The molecule has 258 valence electrons. The van der Waals surface area contributed by atoms with Crippen molar-refractivity contribution in [1.29, 1.82) is 0 Å². The number of H-pyrrole nitrogens is 1.